The molecule has 1 aliphatic rings. The van der Waals surface area contributed by atoms with Gasteiger partial charge in [-0.05, 0) is 41.1 Å². The van der Waals surface area contributed by atoms with E-state index in [1.165, 1.54) is 4.88 Å². The van der Waals surface area contributed by atoms with Crippen LogP contribution in [-0.4, -0.2) is 68.7 Å². The van der Waals surface area contributed by atoms with Crippen molar-refractivity contribution in [2.75, 3.05) is 47.1 Å². The van der Waals surface area contributed by atoms with E-state index in [4.69, 9.17) is 14.2 Å². The molecule has 0 radical (unpaired) electrons. The van der Waals surface area contributed by atoms with Gasteiger partial charge in [0.05, 0.1) is 32.7 Å². The smallest absolute Gasteiger partial charge is 0.242 e. The summed E-state index contributed by atoms with van der Waals surface area (Å²) in [5, 5.41) is 2.06. The van der Waals surface area contributed by atoms with Crippen LogP contribution in [0.25, 0.3) is 0 Å². The Bertz CT molecular complexity index is 1150. The maximum atomic E-state index is 13.6. The van der Waals surface area contributed by atoms with Gasteiger partial charge in [-0.2, -0.15) is 0 Å². The van der Waals surface area contributed by atoms with Crippen LogP contribution in [0, 0.1) is 0 Å². The molecule has 0 bridgehead atoms. The summed E-state index contributed by atoms with van der Waals surface area (Å²) >= 11 is 1.71. The Morgan fingerprint density at radius 1 is 1.06 bits per heavy atom. The summed E-state index contributed by atoms with van der Waals surface area (Å²) in [5.41, 5.74) is 2.03. The van der Waals surface area contributed by atoms with Crippen molar-refractivity contribution in [3.63, 3.8) is 0 Å². The van der Waals surface area contributed by atoms with Crippen molar-refractivity contribution in [3.8, 4) is 11.5 Å². The molecule has 1 aromatic heterocycles. The van der Waals surface area contributed by atoms with Crippen LogP contribution in [0.3, 0.4) is 0 Å². The van der Waals surface area contributed by atoms with Gasteiger partial charge in [-0.1, -0.05) is 36.4 Å². The summed E-state index contributed by atoms with van der Waals surface area (Å²) in [4.78, 5) is 31.4. The van der Waals surface area contributed by atoms with E-state index >= 15 is 0 Å². The SMILES string of the molecule is COCCN(CC(=O)N1CCc2sccc2C1COc1cccc(OC)c1)C(=O)Cc1ccccc1. The van der Waals surface area contributed by atoms with Crippen molar-refractivity contribution in [2.45, 2.75) is 18.9 Å². The number of ether oxygens (including phenoxy) is 3. The van der Waals surface area contributed by atoms with Gasteiger partial charge in [0.1, 0.15) is 18.1 Å². The summed E-state index contributed by atoms with van der Waals surface area (Å²) in [5.74, 6) is 1.21. The van der Waals surface area contributed by atoms with Crippen molar-refractivity contribution in [1.29, 1.82) is 0 Å². The van der Waals surface area contributed by atoms with E-state index in [2.05, 4.69) is 11.4 Å². The first-order chi connectivity index (χ1) is 17.6. The maximum Gasteiger partial charge on any atom is 0.242 e. The van der Waals surface area contributed by atoms with E-state index in [-0.39, 0.29) is 30.8 Å². The highest BCUT2D eigenvalue weighted by molar-refractivity contribution is 7.10. The molecular weight excluding hydrogens is 476 g/mol. The van der Waals surface area contributed by atoms with Gasteiger partial charge in [-0.3, -0.25) is 9.59 Å². The Kier molecular flexibility index (Phi) is 8.97. The Balaban J connectivity index is 1.48. The largest absolute Gasteiger partial charge is 0.497 e. The average molecular weight is 509 g/mol. The van der Waals surface area contributed by atoms with Gasteiger partial charge in [-0.15, -0.1) is 11.3 Å². The van der Waals surface area contributed by atoms with Crippen LogP contribution in [0.5, 0.6) is 11.5 Å². The fourth-order valence-corrected chi connectivity index (χ4v) is 5.30. The van der Waals surface area contributed by atoms with Crippen LogP contribution in [-0.2, 0) is 27.2 Å². The molecule has 0 N–H and O–H groups in total. The third-order valence-electron chi connectivity index (χ3n) is 6.31. The second kappa shape index (κ2) is 12.6. The van der Waals surface area contributed by atoms with Crippen molar-refractivity contribution >= 4 is 23.2 Å². The molecule has 3 aromatic rings. The molecule has 8 heteroatoms. The fourth-order valence-electron chi connectivity index (χ4n) is 4.37. The van der Waals surface area contributed by atoms with Crippen molar-refractivity contribution < 1.29 is 23.8 Å². The molecule has 1 atom stereocenters. The maximum absolute atomic E-state index is 13.6. The normalized spacial score (nSPS) is 14.7. The lowest BCUT2D eigenvalue weighted by atomic mass is 10.0. The monoisotopic (exact) mass is 508 g/mol. The van der Waals surface area contributed by atoms with Crippen molar-refractivity contribution in [1.82, 2.24) is 9.80 Å². The Hall–Kier alpha value is -3.36. The lowest BCUT2D eigenvalue weighted by molar-refractivity contribution is -0.142. The van der Waals surface area contributed by atoms with Gasteiger partial charge < -0.3 is 24.0 Å². The van der Waals surface area contributed by atoms with E-state index in [1.54, 1.807) is 30.5 Å². The number of fused-ring (bicyclic) bond motifs is 1. The first kappa shape index (κ1) is 25.7. The number of hydrogen-bond donors (Lipinski definition) is 0. The molecule has 4 rings (SSSR count). The highest BCUT2D eigenvalue weighted by Crippen LogP contribution is 2.34. The fraction of sp³-hybridized carbons (Fsp3) is 0.357. The van der Waals surface area contributed by atoms with E-state index in [1.807, 2.05) is 59.5 Å². The van der Waals surface area contributed by atoms with Crippen LogP contribution < -0.4 is 9.47 Å². The van der Waals surface area contributed by atoms with Gasteiger partial charge in [0.2, 0.25) is 11.8 Å². The summed E-state index contributed by atoms with van der Waals surface area (Å²) < 4.78 is 16.6. The molecule has 2 aromatic carbocycles. The van der Waals surface area contributed by atoms with Crippen LogP contribution >= 0.6 is 11.3 Å². The Labute approximate surface area is 216 Å². The summed E-state index contributed by atoms with van der Waals surface area (Å²) in [6.45, 7) is 1.63. The number of amides is 2. The number of methoxy groups -OCH3 is 2. The molecule has 7 nitrogen and oxygen atoms in total. The molecule has 0 saturated carbocycles. The highest BCUT2D eigenvalue weighted by Gasteiger charge is 2.33. The van der Waals surface area contributed by atoms with Crippen LogP contribution in [0.4, 0.5) is 0 Å². The molecule has 190 valence electrons. The van der Waals surface area contributed by atoms with E-state index in [0.29, 0.717) is 37.8 Å². The second-order valence-corrected chi connectivity index (χ2v) is 9.61. The quantitative estimate of drug-likeness (QED) is 0.392. The minimum Gasteiger partial charge on any atom is -0.497 e. The minimum atomic E-state index is -0.229. The molecular formula is C28H32N2O5S. The van der Waals surface area contributed by atoms with E-state index in [0.717, 1.165) is 17.5 Å². The van der Waals surface area contributed by atoms with Gasteiger partial charge in [0.15, 0.2) is 0 Å². The van der Waals surface area contributed by atoms with Gasteiger partial charge in [0, 0.05) is 31.1 Å². The first-order valence-electron chi connectivity index (χ1n) is 12.0. The number of carbonyl (C=O) groups is 2. The molecule has 1 aliphatic heterocycles. The number of thiophene rings is 1. The molecule has 2 amide bonds. The molecule has 36 heavy (non-hydrogen) atoms. The van der Waals surface area contributed by atoms with Crippen molar-refractivity contribution in [2.24, 2.45) is 0 Å². The predicted octanol–water partition coefficient (Wildman–Crippen LogP) is 3.98. The van der Waals surface area contributed by atoms with Crippen LogP contribution in [0.15, 0.2) is 66.0 Å². The first-order valence-corrected chi connectivity index (χ1v) is 12.9. The number of benzene rings is 2. The molecule has 0 fully saturated rings. The van der Waals surface area contributed by atoms with Crippen molar-refractivity contribution in [3.05, 3.63) is 82.0 Å². The topological polar surface area (TPSA) is 68.3 Å². The third kappa shape index (κ3) is 6.44. The Morgan fingerprint density at radius 3 is 2.64 bits per heavy atom. The molecule has 0 spiro atoms. The number of hydrogen-bond acceptors (Lipinski definition) is 6. The van der Waals surface area contributed by atoms with Crippen LogP contribution in [0.2, 0.25) is 0 Å². The summed E-state index contributed by atoms with van der Waals surface area (Å²) in [6, 6.07) is 18.9. The zero-order chi connectivity index (χ0) is 25.3. The number of nitrogens with zero attached hydrogens (tertiary/aromatic N) is 2. The summed E-state index contributed by atoms with van der Waals surface area (Å²) in [7, 11) is 3.21. The zero-order valence-corrected chi connectivity index (χ0v) is 21.5. The average Bonchev–Trinajstić information content (AvgIpc) is 3.39. The van der Waals surface area contributed by atoms with Gasteiger partial charge in [-0.25, -0.2) is 0 Å². The van der Waals surface area contributed by atoms with Gasteiger partial charge >= 0.3 is 0 Å². The lowest BCUT2D eigenvalue weighted by Gasteiger charge is -2.37. The molecule has 1 unspecified atom stereocenters. The van der Waals surface area contributed by atoms with E-state index in [9.17, 15) is 9.59 Å². The number of carbonyl (C=O) groups excluding carboxylic acids is 2. The second-order valence-electron chi connectivity index (χ2n) is 8.61. The third-order valence-corrected chi connectivity index (χ3v) is 7.30. The highest BCUT2D eigenvalue weighted by atomic mass is 32.1. The molecule has 0 saturated heterocycles. The number of rotatable bonds is 11. The van der Waals surface area contributed by atoms with Gasteiger partial charge in [0.25, 0.3) is 0 Å². The zero-order valence-electron chi connectivity index (χ0n) is 20.7. The predicted molar refractivity (Wildman–Crippen MR) is 140 cm³/mol. The molecule has 2 heterocycles. The summed E-state index contributed by atoms with van der Waals surface area (Å²) in [6.07, 6.45) is 1.04. The standard InChI is InChI=1S/C28H32N2O5S/c1-33-15-14-29(27(31)17-21-7-4-3-5-8-21)19-28(32)30-13-11-26-24(12-16-36-26)25(30)20-35-23-10-6-9-22(18-23)34-2/h3-10,12,16,18,25H,11,13-15,17,19-20H2,1-2H3. The van der Waals surface area contributed by atoms with E-state index < -0.39 is 0 Å². The minimum absolute atomic E-state index is 0.00412. The lowest BCUT2D eigenvalue weighted by Crippen LogP contribution is -2.48. The Morgan fingerprint density at radius 2 is 1.86 bits per heavy atom. The van der Waals surface area contributed by atoms with Crippen LogP contribution in [0.1, 0.15) is 22.0 Å². The molecule has 0 aliphatic carbocycles.